The van der Waals surface area contributed by atoms with Gasteiger partial charge in [0, 0.05) is 6.04 Å². The molecule has 112 valence electrons. The highest BCUT2D eigenvalue weighted by Crippen LogP contribution is 2.26. The Morgan fingerprint density at radius 3 is 2.48 bits per heavy atom. The molecule has 4 heteroatoms. The zero-order chi connectivity index (χ0) is 15.4. The monoisotopic (exact) mass is 291 g/mol. The molecule has 0 aromatic heterocycles. The van der Waals surface area contributed by atoms with Gasteiger partial charge in [-0.3, -0.25) is 0 Å². The van der Waals surface area contributed by atoms with Gasteiger partial charge >= 0.3 is 0 Å². The van der Waals surface area contributed by atoms with Gasteiger partial charge in [0.25, 0.3) is 0 Å². The van der Waals surface area contributed by atoms with Gasteiger partial charge in [-0.25, -0.2) is 8.78 Å². The van der Waals surface area contributed by atoms with Gasteiger partial charge in [-0.05, 0) is 61.2 Å². The van der Waals surface area contributed by atoms with Crippen molar-refractivity contribution in [1.82, 2.24) is 0 Å². The first-order valence-corrected chi connectivity index (χ1v) is 6.97. The number of hydrogen-bond donors (Lipinski definition) is 1. The maximum atomic E-state index is 14.0. The van der Waals surface area contributed by atoms with Crippen LogP contribution in [0.3, 0.4) is 0 Å². The van der Waals surface area contributed by atoms with Gasteiger partial charge in [-0.1, -0.05) is 13.0 Å². The summed E-state index contributed by atoms with van der Waals surface area (Å²) < 4.78 is 32.7. The first-order valence-electron chi connectivity index (χ1n) is 6.97. The summed E-state index contributed by atoms with van der Waals surface area (Å²) in [5.74, 6) is -0.231. The summed E-state index contributed by atoms with van der Waals surface area (Å²) in [6.07, 6.45) is 1.47. The van der Waals surface area contributed by atoms with Gasteiger partial charge in [-0.15, -0.1) is 0 Å². The lowest BCUT2D eigenvalue weighted by molar-refractivity contribution is 0.439. The Morgan fingerprint density at radius 1 is 1.10 bits per heavy atom. The van der Waals surface area contributed by atoms with Gasteiger partial charge in [0.05, 0.1) is 0 Å². The van der Waals surface area contributed by atoms with Crippen LogP contribution in [0.15, 0.2) is 36.4 Å². The van der Waals surface area contributed by atoms with E-state index in [1.54, 1.807) is 19.1 Å². The second-order valence-corrected chi connectivity index (χ2v) is 5.15. The molecule has 2 rings (SSSR count). The third kappa shape index (κ3) is 4.02. The van der Waals surface area contributed by atoms with Gasteiger partial charge in [0.15, 0.2) is 11.6 Å². The number of ether oxygens (including phenoxy) is 1. The molecule has 21 heavy (non-hydrogen) atoms. The summed E-state index contributed by atoms with van der Waals surface area (Å²) in [4.78, 5) is 0. The Bertz CT molecular complexity index is 628. The van der Waals surface area contributed by atoms with E-state index in [0.717, 1.165) is 12.0 Å². The minimum absolute atomic E-state index is 0.0240. The molecule has 1 atom stereocenters. The first kappa shape index (κ1) is 15.4. The second kappa shape index (κ2) is 6.68. The van der Waals surface area contributed by atoms with Gasteiger partial charge in [0.1, 0.15) is 11.6 Å². The largest absolute Gasteiger partial charge is 0.454 e. The zero-order valence-electron chi connectivity index (χ0n) is 12.2. The smallest absolute Gasteiger partial charge is 0.165 e. The Kier molecular flexibility index (Phi) is 4.91. The van der Waals surface area contributed by atoms with Crippen molar-refractivity contribution in [3.63, 3.8) is 0 Å². The van der Waals surface area contributed by atoms with Crippen LogP contribution >= 0.6 is 0 Å². The van der Waals surface area contributed by atoms with Crippen molar-refractivity contribution >= 4 is 0 Å². The summed E-state index contributed by atoms with van der Waals surface area (Å²) >= 11 is 0. The molecule has 0 bridgehead atoms. The molecule has 0 aliphatic carbocycles. The average molecular weight is 291 g/mol. The highest BCUT2D eigenvalue weighted by atomic mass is 19.1. The Labute approximate surface area is 123 Å². The van der Waals surface area contributed by atoms with E-state index in [-0.39, 0.29) is 17.6 Å². The molecule has 2 aromatic carbocycles. The maximum Gasteiger partial charge on any atom is 0.165 e. The second-order valence-electron chi connectivity index (χ2n) is 5.15. The lowest BCUT2D eigenvalue weighted by Crippen LogP contribution is -2.21. The number of nitrogens with two attached hydrogens (primary N) is 1. The molecule has 0 saturated carbocycles. The molecule has 0 heterocycles. The van der Waals surface area contributed by atoms with Crippen LogP contribution in [0.25, 0.3) is 0 Å². The van der Waals surface area contributed by atoms with Crippen molar-refractivity contribution in [3.05, 3.63) is 59.2 Å². The minimum atomic E-state index is -0.446. The van der Waals surface area contributed by atoms with Gasteiger partial charge in [0.2, 0.25) is 0 Å². The topological polar surface area (TPSA) is 35.2 Å². The molecular weight excluding hydrogens is 272 g/mol. The van der Waals surface area contributed by atoms with E-state index in [2.05, 4.69) is 0 Å². The van der Waals surface area contributed by atoms with Crippen molar-refractivity contribution < 1.29 is 13.5 Å². The molecule has 0 saturated heterocycles. The summed E-state index contributed by atoms with van der Waals surface area (Å²) in [6.45, 7) is 3.63. The SMILES string of the molecule is CCC(N)Cc1ccc(Oc2ccc(F)c(C)c2)c(F)c1. The molecule has 0 aliphatic heterocycles. The van der Waals surface area contributed by atoms with Crippen LogP contribution in [-0.2, 0) is 6.42 Å². The fraction of sp³-hybridized carbons (Fsp3) is 0.294. The highest BCUT2D eigenvalue weighted by Gasteiger charge is 2.09. The minimum Gasteiger partial charge on any atom is -0.454 e. The molecular formula is C17H19F2NO. The van der Waals surface area contributed by atoms with E-state index in [1.165, 1.54) is 24.3 Å². The standard InChI is InChI=1S/C17H19F2NO/c1-3-13(20)9-12-4-7-17(16(19)10-12)21-14-5-6-15(18)11(2)8-14/h4-8,10,13H,3,9,20H2,1-2H3. The van der Waals surface area contributed by atoms with Crippen LogP contribution in [0, 0.1) is 18.6 Å². The quantitative estimate of drug-likeness (QED) is 0.889. The molecule has 2 N–H and O–H groups in total. The number of benzene rings is 2. The predicted octanol–water partition coefficient (Wildman–Crippen LogP) is 4.35. The van der Waals surface area contributed by atoms with Crippen molar-refractivity contribution in [1.29, 1.82) is 0 Å². The number of hydrogen-bond acceptors (Lipinski definition) is 2. The number of aryl methyl sites for hydroxylation is 1. The van der Waals surface area contributed by atoms with E-state index in [4.69, 9.17) is 10.5 Å². The van der Waals surface area contributed by atoms with Crippen LogP contribution in [0.2, 0.25) is 0 Å². The van der Waals surface area contributed by atoms with E-state index < -0.39 is 5.82 Å². The van der Waals surface area contributed by atoms with Crippen LogP contribution < -0.4 is 10.5 Å². The van der Waals surface area contributed by atoms with Crippen molar-refractivity contribution in [2.24, 2.45) is 5.73 Å². The van der Waals surface area contributed by atoms with Crippen LogP contribution in [0.5, 0.6) is 11.5 Å². The highest BCUT2D eigenvalue weighted by molar-refractivity contribution is 5.36. The fourth-order valence-electron chi connectivity index (χ4n) is 2.01. The predicted molar refractivity (Wildman–Crippen MR) is 79.6 cm³/mol. The molecule has 0 radical (unpaired) electrons. The number of rotatable bonds is 5. The van der Waals surface area contributed by atoms with Crippen molar-refractivity contribution in [3.8, 4) is 11.5 Å². The van der Waals surface area contributed by atoms with Gasteiger partial charge < -0.3 is 10.5 Å². The van der Waals surface area contributed by atoms with E-state index >= 15 is 0 Å². The first-order chi connectivity index (χ1) is 9.99. The molecule has 1 unspecified atom stereocenters. The molecule has 2 aromatic rings. The van der Waals surface area contributed by atoms with Gasteiger partial charge in [-0.2, -0.15) is 0 Å². The van der Waals surface area contributed by atoms with E-state index in [9.17, 15) is 8.78 Å². The molecule has 0 aliphatic rings. The Balaban J connectivity index is 2.15. The molecule has 0 amide bonds. The zero-order valence-corrected chi connectivity index (χ0v) is 12.2. The lowest BCUT2D eigenvalue weighted by Gasteiger charge is -2.11. The molecule has 0 fully saturated rings. The van der Waals surface area contributed by atoms with Crippen molar-refractivity contribution in [2.75, 3.05) is 0 Å². The van der Waals surface area contributed by atoms with Crippen LogP contribution in [-0.4, -0.2) is 6.04 Å². The van der Waals surface area contributed by atoms with Crippen molar-refractivity contribution in [2.45, 2.75) is 32.7 Å². The third-order valence-electron chi connectivity index (χ3n) is 3.38. The third-order valence-corrected chi connectivity index (χ3v) is 3.38. The van der Waals surface area contributed by atoms with Crippen LogP contribution in [0.1, 0.15) is 24.5 Å². The normalized spacial score (nSPS) is 12.2. The summed E-state index contributed by atoms with van der Waals surface area (Å²) in [5, 5.41) is 0. The average Bonchev–Trinajstić information content (AvgIpc) is 2.45. The van der Waals surface area contributed by atoms with Crippen LogP contribution in [0.4, 0.5) is 8.78 Å². The van der Waals surface area contributed by atoms with E-state index in [0.29, 0.717) is 17.7 Å². The van der Waals surface area contributed by atoms with E-state index in [1.807, 2.05) is 6.92 Å². The molecule has 0 spiro atoms. The maximum absolute atomic E-state index is 14.0. The fourth-order valence-corrected chi connectivity index (χ4v) is 2.01. The summed E-state index contributed by atoms with van der Waals surface area (Å²) in [6, 6.07) is 9.14. The summed E-state index contributed by atoms with van der Waals surface area (Å²) in [5.41, 5.74) is 7.15. The number of halogens is 2. The lowest BCUT2D eigenvalue weighted by atomic mass is 10.0. The Hall–Kier alpha value is -1.94. The Morgan fingerprint density at radius 2 is 1.86 bits per heavy atom. The summed E-state index contributed by atoms with van der Waals surface area (Å²) in [7, 11) is 0. The molecule has 2 nitrogen and oxygen atoms in total.